The molecule has 0 aromatic heterocycles. The molecule has 0 bridgehead atoms. The zero-order valence-corrected chi connectivity index (χ0v) is 20.3. The van der Waals surface area contributed by atoms with E-state index in [2.05, 4.69) is 74.5 Å². The monoisotopic (exact) mass is 435 g/mol. The number of nitrogens with zero attached hydrogens (tertiary/aromatic N) is 1. The molecule has 3 aromatic rings. The summed E-state index contributed by atoms with van der Waals surface area (Å²) in [5, 5.41) is 9.08. The fraction of sp³-hybridized carbons (Fsp3) is 0.406. The molecule has 33 heavy (non-hydrogen) atoms. The van der Waals surface area contributed by atoms with Crippen LogP contribution in [0.3, 0.4) is 0 Å². The molecule has 170 valence electrons. The Labute approximate surface area is 200 Å². The number of nitriles is 1. The molecular weight excluding hydrogens is 398 g/mol. The number of unbranched alkanes of at least 4 members (excludes halogenated alkanes) is 1. The Morgan fingerprint density at radius 3 is 2.03 bits per heavy atom. The summed E-state index contributed by atoms with van der Waals surface area (Å²) in [6.45, 7) is 4.38. The third-order valence-electron chi connectivity index (χ3n) is 7.59. The minimum absolute atomic E-state index is 0.721. The maximum absolute atomic E-state index is 9.08. The van der Waals surface area contributed by atoms with Crippen LogP contribution in [-0.4, -0.2) is 0 Å². The SMILES string of the molecule is CCCC[C@H]1CC[C@H](c2ccc(CCc3ccc(-c4ccc(C#N)cc4C)cc3)cc2)CC1. The van der Waals surface area contributed by atoms with Crippen molar-refractivity contribution in [1.82, 2.24) is 0 Å². The summed E-state index contributed by atoms with van der Waals surface area (Å²) in [6, 6.07) is 26.6. The second kappa shape index (κ2) is 11.3. The Balaban J connectivity index is 1.29. The lowest BCUT2D eigenvalue weighted by Gasteiger charge is -2.29. The molecular formula is C32H37N. The van der Waals surface area contributed by atoms with Gasteiger partial charge in [0.2, 0.25) is 0 Å². The quantitative estimate of drug-likeness (QED) is 0.347. The third kappa shape index (κ3) is 6.14. The van der Waals surface area contributed by atoms with Gasteiger partial charge >= 0.3 is 0 Å². The van der Waals surface area contributed by atoms with Crippen LogP contribution in [0.2, 0.25) is 0 Å². The molecule has 0 radical (unpaired) electrons. The van der Waals surface area contributed by atoms with E-state index in [0.717, 1.165) is 35.8 Å². The summed E-state index contributed by atoms with van der Waals surface area (Å²) in [5.74, 6) is 1.75. The van der Waals surface area contributed by atoms with Crippen LogP contribution in [0.25, 0.3) is 11.1 Å². The summed E-state index contributed by atoms with van der Waals surface area (Å²) in [4.78, 5) is 0. The van der Waals surface area contributed by atoms with Crippen LogP contribution in [0.1, 0.15) is 85.6 Å². The van der Waals surface area contributed by atoms with E-state index >= 15 is 0 Å². The average Bonchev–Trinajstić information content (AvgIpc) is 2.87. The van der Waals surface area contributed by atoms with E-state index in [1.807, 2.05) is 12.1 Å². The van der Waals surface area contributed by atoms with Gasteiger partial charge in [0.05, 0.1) is 11.6 Å². The van der Waals surface area contributed by atoms with Crippen LogP contribution in [0, 0.1) is 24.2 Å². The highest BCUT2D eigenvalue weighted by molar-refractivity contribution is 5.68. The molecule has 3 aromatic carbocycles. The maximum atomic E-state index is 9.08. The van der Waals surface area contributed by atoms with Gasteiger partial charge in [0.15, 0.2) is 0 Å². The first-order valence-electron chi connectivity index (χ1n) is 12.8. The number of hydrogen-bond donors (Lipinski definition) is 0. The number of benzene rings is 3. The van der Waals surface area contributed by atoms with Crippen molar-refractivity contribution in [1.29, 1.82) is 5.26 Å². The molecule has 4 rings (SSSR count). The van der Waals surface area contributed by atoms with Crippen LogP contribution >= 0.6 is 0 Å². The largest absolute Gasteiger partial charge is 0.192 e. The first-order chi connectivity index (χ1) is 16.2. The van der Waals surface area contributed by atoms with E-state index in [1.165, 1.54) is 67.2 Å². The third-order valence-corrected chi connectivity index (χ3v) is 7.59. The first kappa shape index (κ1) is 23.3. The van der Waals surface area contributed by atoms with E-state index < -0.39 is 0 Å². The van der Waals surface area contributed by atoms with E-state index in [9.17, 15) is 0 Å². The summed E-state index contributed by atoms with van der Waals surface area (Å²) in [7, 11) is 0. The van der Waals surface area contributed by atoms with Gasteiger partial charge in [0, 0.05) is 0 Å². The predicted molar refractivity (Wildman–Crippen MR) is 139 cm³/mol. The molecule has 0 atom stereocenters. The predicted octanol–water partition coefficient (Wildman–Crippen LogP) is 8.78. The van der Waals surface area contributed by atoms with Crippen molar-refractivity contribution in [3.63, 3.8) is 0 Å². The highest BCUT2D eigenvalue weighted by atomic mass is 14.3. The minimum Gasteiger partial charge on any atom is -0.192 e. The van der Waals surface area contributed by atoms with Crippen LogP contribution in [0.5, 0.6) is 0 Å². The average molecular weight is 436 g/mol. The zero-order chi connectivity index (χ0) is 23.0. The summed E-state index contributed by atoms with van der Waals surface area (Å²) >= 11 is 0. The Morgan fingerprint density at radius 1 is 0.818 bits per heavy atom. The van der Waals surface area contributed by atoms with Crippen LogP contribution in [0.4, 0.5) is 0 Å². The highest BCUT2D eigenvalue weighted by Crippen LogP contribution is 2.37. The fourth-order valence-corrected chi connectivity index (χ4v) is 5.43. The van der Waals surface area contributed by atoms with Crippen molar-refractivity contribution in [2.24, 2.45) is 5.92 Å². The lowest BCUT2D eigenvalue weighted by atomic mass is 9.77. The van der Waals surface area contributed by atoms with Gasteiger partial charge in [0.1, 0.15) is 0 Å². The Bertz CT molecular complexity index is 1060. The molecule has 0 amide bonds. The van der Waals surface area contributed by atoms with Gasteiger partial charge in [-0.2, -0.15) is 5.26 Å². The molecule has 1 fully saturated rings. The van der Waals surface area contributed by atoms with Crippen molar-refractivity contribution >= 4 is 0 Å². The van der Waals surface area contributed by atoms with Gasteiger partial charge in [0.25, 0.3) is 0 Å². The molecule has 1 saturated carbocycles. The van der Waals surface area contributed by atoms with Gasteiger partial charge in [-0.3, -0.25) is 0 Å². The van der Waals surface area contributed by atoms with Gasteiger partial charge < -0.3 is 0 Å². The van der Waals surface area contributed by atoms with Crippen molar-refractivity contribution in [3.05, 3.63) is 94.5 Å². The van der Waals surface area contributed by atoms with Crippen LogP contribution in [0.15, 0.2) is 66.7 Å². The molecule has 1 aliphatic rings. The smallest absolute Gasteiger partial charge is 0.0991 e. The van der Waals surface area contributed by atoms with Crippen molar-refractivity contribution in [3.8, 4) is 17.2 Å². The van der Waals surface area contributed by atoms with E-state index in [1.54, 1.807) is 5.56 Å². The van der Waals surface area contributed by atoms with Gasteiger partial charge in [-0.15, -0.1) is 0 Å². The molecule has 1 heteroatoms. The molecule has 0 heterocycles. The molecule has 1 nitrogen and oxygen atoms in total. The lowest BCUT2D eigenvalue weighted by molar-refractivity contribution is 0.304. The van der Waals surface area contributed by atoms with Crippen LogP contribution in [-0.2, 0) is 12.8 Å². The van der Waals surface area contributed by atoms with E-state index in [-0.39, 0.29) is 0 Å². The zero-order valence-electron chi connectivity index (χ0n) is 20.3. The second-order valence-corrected chi connectivity index (χ2v) is 9.94. The van der Waals surface area contributed by atoms with E-state index in [4.69, 9.17) is 5.26 Å². The van der Waals surface area contributed by atoms with Crippen molar-refractivity contribution < 1.29 is 0 Å². The minimum atomic E-state index is 0.721. The number of aryl methyl sites for hydroxylation is 3. The Morgan fingerprint density at radius 2 is 1.45 bits per heavy atom. The Hall–Kier alpha value is -2.85. The second-order valence-electron chi connectivity index (χ2n) is 9.94. The highest BCUT2D eigenvalue weighted by Gasteiger charge is 2.21. The van der Waals surface area contributed by atoms with E-state index in [0.29, 0.717) is 0 Å². The number of rotatable bonds is 8. The normalized spacial score (nSPS) is 18.1. The standard InChI is InChI=1S/C32H37N/c1-3-4-5-25-8-15-29(16-9-25)30-17-10-26(11-18-30)6-7-27-12-19-31(20-13-27)32-21-14-28(23-33)22-24(32)2/h10-14,17-22,25,29H,3-9,15-16H2,1-2H3/t25-,29-. The van der Waals surface area contributed by atoms with Gasteiger partial charge in [-0.05, 0) is 103 Å². The van der Waals surface area contributed by atoms with Gasteiger partial charge in [-0.25, -0.2) is 0 Å². The summed E-state index contributed by atoms with van der Waals surface area (Å²) in [6.07, 6.45) is 11.9. The summed E-state index contributed by atoms with van der Waals surface area (Å²) in [5.41, 5.74) is 8.65. The molecule has 0 aliphatic heterocycles. The lowest BCUT2D eigenvalue weighted by Crippen LogP contribution is -2.13. The van der Waals surface area contributed by atoms with Crippen molar-refractivity contribution in [2.75, 3.05) is 0 Å². The molecule has 1 aliphatic carbocycles. The topological polar surface area (TPSA) is 23.8 Å². The maximum Gasteiger partial charge on any atom is 0.0991 e. The Kier molecular flexibility index (Phi) is 8.01. The molecule has 0 saturated heterocycles. The molecule has 0 N–H and O–H groups in total. The fourth-order valence-electron chi connectivity index (χ4n) is 5.43. The van der Waals surface area contributed by atoms with Gasteiger partial charge in [-0.1, -0.05) is 80.8 Å². The molecule has 0 spiro atoms. The summed E-state index contributed by atoms with van der Waals surface area (Å²) < 4.78 is 0. The number of hydrogen-bond acceptors (Lipinski definition) is 1. The first-order valence-corrected chi connectivity index (χ1v) is 12.8. The van der Waals surface area contributed by atoms with Crippen molar-refractivity contribution in [2.45, 2.75) is 77.6 Å². The van der Waals surface area contributed by atoms with Crippen LogP contribution < -0.4 is 0 Å². The molecule has 0 unspecified atom stereocenters.